The maximum atomic E-state index is 13.8. The molecule has 0 saturated carbocycles. The summed E-state index contributed by atoms with van der Waals surface area (Å²) in [6.45, 7) is 3.47. The zero-order valence-corrected chi connectivity index (χ0v) is 19.3. The van der Waals surface area contributed by atoms with Gasteiger partial charge < -0.3 is 15.5 Å². The number of nitrogens with one attached hydrogen (secondary N) is 2. The quantitative estimate of drug-likeness (QED) is 0.527. The molecule has 3 heterocycles. The van der Waals surface area contributed by atoms with Crippen molar-refractivity contribution in [1.29, 1.82) is 0 Å². The summed E-state index contributed by atoms with van der Waals surface area (Å²) >= 11 is 1.17. The fourth-order valence-electron chi connectivity index (χ4n) is 3.78. The minimum Gasteiger partial charge on any atom is -0.356 e. The average molecular weight is 491 g/mol. The Bertz CT molecular complexity index is 1280. The Morgan fingerprint density at radius 1 is 1.29 bits per heavy atom. The van der Waals surface area contributed by atoms with Gasteiger partial charge in [-0.25, -0.2) is 13.8 Å². The van der Waals surface area contributed by atoms with Crippen molar-refractivity contribution in [1.82, 2.24) is 19.9 Å². The number of carbonyl (C=O) groups is 2. The topological polar surface area (TPSA) is 109 Å². The number of amides is 2. The molecule has 2 aromatic heterocycles. The van der Waals surface area contributed by atoms with E-state index in [4.69, 9.17) is 0 Å². The lowest BCUT2D eigenvalue weighted by Gasteiger charge is -2.31. The standard InChI is InChI=1S/C22H24F2N6O3S/c1-2-7-25-20(32)13-4-3-8-29(10-13)22-28-19-18(34-22)21(33)30(12-26-19)11-17(31)27-16-6-5-14(23)9-15(16)24/h5-6,9,12-13H,2-4,7-8,10-11H2,1H3,(H,25,32)(H,27,31). The molecule has 1 aliphatic heterocycles. The first-order valence-corrected chi connectivity index (χ1v) is 11.8. The summed E-state index contributed by atoms with van der Waals surface area (Å²) < 4.78 is 28.2. The predicted molar refractivity (Wildman–Crippen MR) is 125 cm³/mol. The van der Waals surface area contributed by atoms with Crippen molar-refractivity contribution in [3.63, 3.8) is 0 Å². The molecule has 9 nitrogen and oxygen atoms in total. The van der Waals surface area contributed by atoms with Crippen LogP contribution in [0.5, 0.6) is 0 Å². The van der Waals surface area contributed by atoms with E-state index < -0.39 is 29.6 Å². The minimum atomic E-state index is -0.912. The molecular formula is C22H24F2N6O3S. The number of rotatable bonds is 7. The molecule has 0 radical (unpaired) electrons. The van der Waals surface area contributed by atoms with Crippen molar-refractivity contribution in [3.05, 3.63) is 46.5 Å². The number of fused-ring (bicyclic) bond motifs is 1. The zero-order valence-electron chi connectivity index (χ0n) is 18.5. The van der Waals surface area contributed by atoms with E-state index in [9.17, 15) is 23.2 Å². The van der Waals surface area contributed by atoms with Crippen LogP contribution in [0.2, 0.25) is 0 Å². The maximum absolute atomic E-state index is 13.8. The molecular weight excluding hydrogens is 466 g/mol. The molecule has 1 aliphatic rings. The molecule has 1 fully saturated rings. The lowest BCUT2D eigenvalue weighted by atomic mass is 9.97. The molecule has 1 saturated heterocycles. The van der Waals surface area contributed by atoms with Gasteiger partial charge in [-0.1, -0.05) is 18.3 Å². The average Bonchev–Trinajstić information content (AvgIpc) is 3.26. The van der Waals surface area contributed by atoms with Gasteiger partial charge in [-0.3, -0.25) is 19.0 Å². The first kappa shape index (κ1) is 23.7. The van der Waals surface area contributed by atoms with E-state index in [1.54, 1.807) is 0 Å². The minimum absolute atomic E-state index is 0.0248. The van der Waals surface area contributed by atoms with E-state index in [1.165, 1.54) is 17.7 Å². The van der Waals surface area contributed by atoms with Crippen molar-refractivity contribution in [2.75, 3.05) is 29.9 Å². The van der Waals surface area contributed by atoms with Crippen LogP contribution in [0.4, 0.5) is 19.6 Å². The molecule has 2 N–H and O–H groups in total. The number of thiazole rings is 1. The van der Waals surface area contributed by atoms with Crippen LogP contribution < -0.4 is 21.1 Å². The monoisotopic (exact) mass is 490 g/mol. The van der Waals surface area contributed by atoms with E-state index in [2.05, 4.69) is 20.6 Å². The number of halogens is 2. The van der Waals surface area contributed by atoms with Crippen LogP contribution >= 0.6 is 11.3 Å². The Labute approximate surface area is 197 Å². The number of piperidine rings is 1. The Balaban J connectivity index is 1.48. The number of hydrogen-bond acceptors (Lipinski definition) is 7. The van der Waals surface area contributed by atoms with Gasteiger partial charge in [0, 0.05) is 25.7 Å². The fourth-order valence-corrected chi connectivity index (χ4v) is 4.78. The van der Waals surface area contributed by atoms with E-state index in [1.807, 2.05) is 11.8 Å². The highest BCUT2D eigenvalue weighted by Gasteiger charge is 2.28. The summed E-state index contributed by atoms with van der Waals surface area (Å²) in [5.74, 6) is -2.45. The Morgan fingerprint density at radius 2 is 2.12 bits per heavy atom. The van der Waals surface area contributed by atoms with Crippen LogP contribution in [0.25, 0.3) is 10.3 Å². The molecule has 3 aromatic rings. The lowest BCUT2D eigenvalue weighted by molar-refractivity contribution is -0.125. The summed E-state index contributed by atoms with van der Waals surface area (Å²) in [6, 6.07) is 2.79. The first-order chi connectivity index (χ1) is 16.4. The molecule has 1 aromatic carbocycles. The second-order valence-corrected chi connectivity index (χ2v) is 9.05. The van der Waals surface area contributed by atoms with Crippen molar-refractivity contribution in [2.24, 2.45) is 5.92 Å². The highest BCUT2D eigenvalue weighted by atomic mass is 32.1. The van der Waals surface area contributed by atoms with Crippen LogP contribution in [0.15, 0.2) is 29.3 Å². The Morgan fingerprint density at radius 3 is 2.88 bits per heavy atom. The molecule has 0 aliphatic carbocycles. The van der Waals surface area contributed by atoms with Crippen LogP contribution in [-0.4, -0.2) is 46.0 Å². The largest absolute Gasteiger partial charge is 0.356 e. The van der Waals surface area contributed by atoms with Crippen molar-refractivity contribution >= 4 is 44.3 Å². The summed E-state index contributed by atoms with van der Waals surface area (Å²) in [7, 11) is 0. The number of aromatic nitrogens is 3. The smallest absolute Gasteiger partial charge is 0.273 e. The Kier molecular flexibility index (Phi) is 7.15. The molecule has 12 heteroatoms. The maximum Gasteiger partial charge on any atom is 0.273 e. The van der Waals surface area contributed by atoms with Crippen molar-refractivity contribution in [3.8, 4) is 0 Å². The van der Waals surface area contributed by atoms with Crippen molar-refractivity contribution in [2.45, 2.75) is 32.7 Å². The van der Waals surface area contributed by atoms with E-state index in [0.717, 1.165) is 42.5 Å². The van der Waals surface area contributed by atoms with Gasteiger partial charge in [-0.15, -0.1) is 0 Å². The third-order valence-corrected chi connectivity index (χ3v) is 6.60. The lowest BCUT2D eigenvalue weighted by Crippen LogP contribution is -2.43. The Hall–Kier alpha value is -3.41. The third kappa shape index (κ3) is 5.22. The summed E-state index contributed by atoms with van der Waals surface area (Å²) in [6.07, 6.45) is 3.71. The van der Waals surface area contributed by atoms with Gasteiger partial charge in [0.1, 0.15) is 29.2 Å². The van der Waals surface area contributed by atoms with Crippen LogP contribution in [0, 0.1) is 17.6 Å². The predicted octanol–water partition coefficient (Wildman–Crippen LogP) is 2.51. The number of anilines is 2. The number of nitrogens with zero attached hydrogens (tertiary/aromatic N) is 4. The zero-order chi connectivity index (χ0) is 24.2. The van der Waals surface area contributed by atoms with Gasteiger partial charge in [0.25, 0.3) is 5.56 Å². The molecule has 1 atom stereocenters. The van der Waals surface area contributed by atoms with Gasteiger partial charge in [0.15, 0.2) is 10.8 Å². The van der Waals surface area contributed by atoms with Gasteiger partial charge >= 0.3 is 0 Å². The normalized spacial score (nSPS) is 16.0. The number of hydrogen-bond donors (Lipinski definition) is 2. The first-order valence-electron chi connectivity index (χ1n) is 11.0. The van der Waals surface area contributed by atoms with Crippen LogP contribution in [0.3, 0.4) is 0 Å². The van der Waals surface area contributed by atoms with Crippen LogP contribution in [0.1, 0.15) is 26.2 Å². The molecule has 1 unspecified atom stereocenters. The fraction of sp³-hybridized carbons (Fsp3) is 0.409. The van der Waals surface area contributed by atoms with Gasteiger partial charge in [-0.2, -0.15) is 4.98 Å². The van der Waals surface area contributed by atoms with E-state index >= 15 is 0 Å². The highest BCUT2D eigenvalue weighted by molar-refractivity contribution is 7.22. The molecule has 34 heavy (non-hydrogen) atoms. The third-order valence-electron chi connectivity index (χ3n) is 5.50. The molecule has 2 amide bonds. The van der Waals surface area contributed by atoms with E-state index in [0.29, 0.717) is 24.3 Å². The molecule has 0 bridgehead atoms. The second kappa shape index (κ2) is 10.2. The number of benzene rings is 1. The summed E-state index contributed by atoms with van der Waals surface area (Å²) in [4.78, 5) is 48.3. The molecule has 4 rings (SSSR count). The molecule has 180 valence electrons. The van der Waals surface area contributed by atoms with Crippen LogP contribution in [-0.2, 0) is 16.1 Å². The van der Waals surface area contributed by atoms with E-state index in [-0.39, 0.29) is 27.9 Å². The van der Waals surface area contributed by atoms with Gasteiger partial charge in [0.2, 0.25) is 11.8 Å². The summed E-state index contributed by atoms with van der Waals surface area (Å²) in [5, 5.41) is 5.85. The van der Waals surface area contributed by atoms with Gasteiger partial charge in [-0.05, 0) is 31.4 Å². The highest BCUT2D eigenvalue weighted by Crippen LogP contribution is 2.29. The second-order valence-electron chi connectivity index (χ2n) is 8.08. The number of carbonyl (C=O) groups excluding carboxylic acids is 2. The summed E-state index contributed by atoms with van der Waals surface area (Å²) in [5.41, 5.74) is -0.363. The van der Waals surface area contributed by atoms with Gasteiger partial charge in [0.05, 0.1) is 11.6 Å². The van der Waals surface area contributed by atoms with Crippen molar-refractivity contribution < 1.29 is 18.4 Å². The molecule has 0 spiro atoms. The SMILES string of the molecule is CCCNC(=O)C1CCCN(c2nc3ncn(CC(=O)Nc4ccc(F)cc4F)c(=O)c3s2)C1.